The maximum absolute atomic E-state index is 12.4. The molecule has 140 valence electrons. The summed E-state index contributed by atoms with van der Waals surface area (Å²) in [6, 6.07) is 2.70. The summed E-state index contributed by atoms with van der Waals surface area (Å²) in [6.07, 6.45) is 0. The van der Waals surface area contributed by atoms with Crippen molar-refractivity contribution in [2.45, 2.75) is 33.7 Å². The van der Waals surface area contributed by atoms with Crippen LogP contribution in [0.4, 0.5) is 10.5 Å². The summed E-state index contributed by atoms with van der Waals surface area (Å²) >= 11 is 0. The van der Waals surface area contributed by atoms with Gasteiger partial charge in [-0.05, 0) is 30.0 Å². The number of hydrogen-bond donors (Lipinski definition) is 3. The predicted molar refractivity (Wildman–Crippen MR) is 95.1 cm³/mol. The number of anilines is 1. The van der Waals surface area contributed by atoms with Crippen LogP contribution in [0.5, 0.6) is 0 Å². The fraction of sp³-hybridized carbons (Fsp3) is 0.444. The number of hydrogen-bond acceptors (Lipinski definition) is 4. The van der Waals surface area contributed by atoms with Gasteiger partial charge in [0, 0.05) is 12.2 Å². The fourth-order valence-electron chi connectivity index (χ4n) is 2.72. The van der Waals surface area contributed by atoms with E-state index in [1.807, 2.05) is 13.8 Å². The van der Waals surface area contributed by atoms with E-state index in [2.05, 4.69) is 10.6 Å². The number of carbonyl (C=O) groups is 4. The first-order valence-corrected chi connectivity index (χ1v) is 8.42. The molecule has 2 rings (SSSR count). The monoisotopic (exact) mass is 361 g/mol. The van der Waals surface area contributed by atoms with Crippen LogP contribution < -0.4 is 10.6 Å². The lowest BCUT2D eigenvalue weighted by Crippen LogP contribution is -2.46. The van der Waals surface area contributed by atoms with Crippen molar-refractivity contribution in [3.05, 3.63) is 29.3 Å². The van der Waals surface area contributed by atoms with Crippen molar-refractivity contribution in [3.8, 4) is 0 Å². The van der Waals surface area contributed by atoms with Crippen LogP contribution in [-0.2, 0) is 4.79 Å². The summed E-state index contributed by atoms with van der Waals surface area (Å²) in [5, 5.41) is 14.0. The average Bonchev–Trinajstić information content (AvgIpc) is 2.76. The van der Waals surface area contributed by atoms with E-state index in [0.717, 1.165) is 0 Å². The first-order chi connectivity index (χ1) is 12.1. The normalized spacial score (nSPS) is 14.6. The molecule has 1 atom stereocenters. The number of nitrogens with zero attached hydrogens (tertiary/aromatic N) is 1. The number of carbonyl (C=O) groups excluding carboxylic acids is 3. The number of amides is 4. The number of aliphatic carboxylic acids is 1. The largest absolute Gasteiger partial charge is 0.480 e. The minimum atomic E-state index is -1.13. The lowest BCUT2D eigenvalue weighted by molar-refractivity contribution is -0.140. The summed E-state index contributed by atoms with van der Waals surface area (Å²) in [7, 11) is 0. The number of nitrogens with one attached hydrogen (secondary N) is 2. The van der Waals surface area contributed by atoms with Crippen LogP contribution >= 0.6 is 0 Å². The highest BCUT2D eigenvalue weighted by Crippen LogP contribution is 2.26. The Morgan fingerprint density at radius 1 is 1.08 bits per heavy atom. The second-order valence-electron chi connectivity index (χ2n) is 7.03. The zero-order valence-electron chi connectivity index (χ0n) is 15.2. The number of fused-ring (bicyclic) bond motifs is 1. The third-order valence-corrected chi connectivity index (χ3v) is 4.00. The second-order valence-corrected chi connectivity index (χ2v) is 7.03. The third kappa shape index (κ3) is 4.01. The minimum absolute atomic E-state index is 0.143. The SMILES string of the molecule is CC(C)CN1C(=O)c2ccc(NC(=O)NC(C(=O)O)C(C)C)cc2C1=O. The lowest BCUT2D eigenvalue weighted by atomic mass is 10.1. The molecule has 0 aliphatic carbocycles. The molecular formula is C18H23N3O5. The molecule has 0 spiro atoms. The number of benzene rings is 1. The summed E-state index contributed by atoms with van der Waals surface area (Å²) in [5.41, 5.74) is 0.834. The van der Waals surface area contributed by atoms with E-state index in [1.54, 1.807) is 13.8 Å². The molecular weight excluding hydrogens is 338 g/mol. The van der Waals surface area contributed by atoms with Crippen molar-refractivity contribution < 1.29 is 24.3 Å². The predicted octanol–water partition coefficient (Wildman–Crippen LogP) is 2.17. The van der Waals surface area contributed by atoms with Gasteiger partial charge in [-0.25, -0.2) is 9.59 Å². The van der Waals surface area contributed by atoms with Gasteiger partial charge in [-0.3, -0.25) is 14.5 Å². The summed E-state index contributed by atoms with van der Waals surface area (Å²) in [6.45, 7) is 7.51. The van der Waals surface area contributed by atoms with Crippen LogP contribution in [0.3, 0.4) is 0 Å². The van der Waals surface area contributed by atoms with Crippen LogP contribution in [-0.4, -0.2) is 46.4 Å². The molecule has 1 unspecified atom stereocenters. The van der Waals surface area contributed by atoms with Crippen molar-refractivity contribution in [1.82, 2.24) is 10.2 Å². The molecule has 0 fully saturated rings. The van der Waals surface area contributed by atoms with Crippen molar-refractivity contribution in [1.29, 1.82) is 0 Å². The molecule has 26 heavy (non-hydrogen) atoms. The number of rotatable bonds is 6. The molecule has 1 aliphatic heterocycles. The summed E-state index contributed by atoms with van der Waals surface area (Å²) in [4.78, 5) is 49.1. The highest BCUT2D eigenvalue weighted by Gasteiger charge is 2.36. The molecule has 1 heterocycles. The van der Waals surface area contributed by atoms with Gasteiger partial charge >= 0.3 is 12.0 Å². The lowest BCUT2D eigenvalue weighted by Gasteiger charge is -2.18. The van der Waals surface area contributed by atoms with Crippen LogP contribution in [0, 0.1) is 11.8 Å². The van der Waals surface area contributed by atoms with Gasteiger partial charge in [0.15, 0.2) is 0 Å². The van der Waals surface area contributed by atoms with Crippen LogP contribution in [0.25, 0.3) is 0 Å². The molecule has 1 aliphatic rings. The van der Waals surface area contributed by atoms with Gasteiger partial charge in [0.25, 0.3) is 11.8 Å². The van der Waals surface area contributed by atoms with E-state index in [9.17, 15) is 19.2 Å². The molecule has 0 saturated heterocycles. The topological polar surface area (TPSA) is 116 Å². The Kier molecular flexibility index (Phi) is 5.64. The Labute approximate surface area is 151 Å². The smallest absolute Gasteiger partial charge is 0.326 e. The highest BCUT2D eigenvalue weighted by molar-refractivity contribution is 6.21. The summed E-state index contributed by atoms with van der Waals surface area (Å²) < 4.78 is 0. The van der Waals surface area contributed by atoms with Crippen molar-refractivity contribution in [3.63, 3.8) is 0 Å². The first-order valence-electron chi connectivity index (χ1n) is 8.42. The van der Waals surface area contributed by atoms with E-state index in [4.69, 9.17) is 5.11 Å². The van der Waals surface area contributed by atoms with Crippen LogP contribution in [0.1, 0.15) is 48.4 Å². The molecule has 8 nitrogen and oxygen atoms in total. The minimum Gasteiger partial charge on any atom is -0.480 e. The Morgan fingerprint density at radius 2 is 1.69 bits per heavy atom. The molecule has 3 N–H and O–H groups in total. The van der Waals surface area contributed by atoms with Gasteiger partial charge in [0.2, 0.25) is 0 Å². The Hall–Kier alpha value is -2.90. The number of urea groups is 1. The quantitative estimate of drug-likeness (QED) is 0.672. The number of imide groups is 1. The van der Waals surface area contributed by atoms with Crippen LogP contribution in [0.2, 0.25) is 0 Å². The van der Waals surface area contributed by atoms with Gasteiger partial charge in [-0.1, -0.05) is 27.7 Å². The maximum Gasteiger partial charge on any atom is 0.326 e. The molecule has 1 aromatic carbocycles. The Morgan fingerprint density at radius 3 is 2.23 bits per heavy atom. The van der Waals surface area contributed by atoms with Crippen molar-refractivity contribution >= 4 is 29.5 Å². The first kappa shape index (κ1) is 19.4. The van der Waals surface area contributed by atoms with Gasteiger partial charge in [0.05, 0.1) is 11.1 Å². The van der Waals surface area contributed by atoms with Crippen molar-refractivity contribution in [2.24, 2.45) is 11.8 Å². The van der Waals surface area contributed by atoms with Gasteiger partial charge in [-0.2, -0.15) is 0 Å². The van der Waals surface area contributed by atoms with Crippen molar-refractivity contribution in [2.75, 3.05) is 11.9 Å². The van der Waals surface area contributed by atoms with E-state index in [-0.39, 0.29) is 23.3 Å². The third-order valence-electron chi connectivity index (χ3n) is 4.00. The maximum atomic E-state index is 12.4. The van der Waals surface area contributed by atoms with Crippen LogP contribution in [0.15, 0.2) is 18.2 Å². The van der Waals surface area contributed by atoms with E-state index in [0.29, 0.717) is 17.8 Å². The molecule has 0 bridgehead atoms. The van der Waals surface area contributed by atoms with E-state index >= 15 is 0 Å². The average molecular weight is 361 g/mol. The van der Waals surface area contributed by atoms with Gasteiger partial charge < -0.3 is 15.7 Å². The summed E-state index contributed by atoms with van der Waals surface area (Å²) in [5.74, 6) is -2.02. The fourth-order valence-corrected chi connectivity index (χ4v) is 2.72. The molecule has 0 radical (unpaired) electrons. The highest BCUT2D eigenvalue weighted by atomic mass is 16.4. The van der Waals surface area contributed by atoms with Gasteiger partial charge in [0.1, 0.15) is 6.04 Å². The standard InChI is InChI=1S/C18H23N3O5/c1-9(2)8-21-15(22)12-6-5-11(7-13(12)16(21)23)19-18(26)20-14(10(3)4)17(24)25/h5-7,9-10,14H,8H2,1-4H3,(H,24,25)(H2,19,20,26). The second kappa shape index (κ2) is 7.55. The Balaban J connectivity index is 2.14. The molecule has 4 amide bonds. The Bertz CT molecular complexity index is 757. The molecule has 0 saturated carbocycles. The molecule has 1 aromatic rings. The zero-order chi connectivity index (χ0) is 19.6. The number of carboxylic acids is 1. The van der Waals surface area contributed by atoms with Gasteiger partial charge in [-0.15, -0.1) is 0 Å². The number of carboxylic acid groups (broad SMARTS) is 1. The molecule has 0 aromatic heterocycles. The molecule has 8 heteroatoms. The van der Waals surface area contributed by atoms with E-state index in [1.165, 1.54) is 23.1 Å². The zero-order valence-corrected chi connectivity index (χ0v) is 15.2. The van der Waals surface area contributed by atoms with E-state index < -0.39 is 23.9 Å².